The fourth-order valence-corrected chi connectivity index (χ4v) is 1.12. The monoisotopic (exact) mass is 176 g/mol. The first-order valence-electron chi connectivity index (χ1n) is 3.79. The number of hydrogen-bond acceptors (Lipinski definition) is 4. The largest absolute Gasteiger partial charge is 0.368 e. The van der Waals surface area contributed by atoms with Gasteiger partial charge in [0.05, 0.1) is 0 Å². The molecule has 0 aliphatic carbocycles. The lowest BCUT2D eigenvalue weighted by molar-refractivity contribution is 1.15. The molecule has 2 aromatic rings. The fraction of sp³-hybridized carbons (Fsp3) is 0.125. The average molecular weight is 176 g/mol. The van der Waals surface area contributed by atoms with Crippen molar-refractivity contribution in [3.63, 3.8) is 0 Å². The Morgan fingerprint density at radius 2 is 2.31 bits per heavy atom. The molecule has 0 bridgehead atoms. The summed E-state index contributed by atoms with van der Waals surface area (Å²) in [5, 5.41) is 0.784. The van der Waals surface area contributed by atoms with Gasteiger partial charge in [0.2, 0.25) is 5.95 Å². The third-order valence-electron chi connectivity index (χ3n) is 1.80. The number of rotatable bonds is 0. The maximum Gasteiger partial charge on any atom is 0.252 e. The molecule has 0 aliphatic heterocycles. The molecule has 0 saturated heterocycles. The molecule has 0 aliphatic rings. The lowest BCUT2D eigenvalue weighted by Crippen LogP contribution is -2.10. The first-order chi connectivity index (χ1) is 6.16. The number of pyridine rings is 1. The second-order valence-electron chi connectivity index (χ2n) is 2.81. The Kier molecular flexibility index (Phi) is 1.51. The highest BCUT2D eigenvalue weighted by Gasteiger charge is 2.00. The van der Waals surface area contributed by atoms with Crippen molar-refractivity contribution in [1.29, 1.82) is 0 Å². The first-order valence-corrected chi connectivity index (χ1v) is 3.79. The summed E-state index contributed by atoms with van der Waals surface area (Å²) in [5.41, 5.74) is 6.33. The topological polar surface area (TPSA) is 84.7 Å². The van der Waals surface area contributed by atoms with Crippen LogP contribution in [0.1, 0.15) is 5.56 Å². The van der Waals surface area contributed by atoms with Gasteiger partial charge in [-0.25, -0.2) is 4.98 Å². The molecule has 0 amide bonds. The highest BCUT2D eigenvalue weighted by molar-refractivity contribution is 5.74. The second kappa shape index (κ2) is 2.55. The lowest BCUT2D eigenvalue weighted by Gasteiger charge is -1.98. The van der Waals surface area contributed by atoms with E-state index in [0.29, 0.717) is 11.2 Å². The van der Waals surface area contributed by atoms with Gasteiger partial charge in [-0.2, -0.15) is 4.98 Å². The van der Waals surface area contributed by atoms with Crippen LogP contribution >= 0.6 is 0 Å². The van der Waals surface area contributed by atoms with Crippen molar-refractivity contribution in [3.05, 3.63) is 28.2 Å². The maximum absolute atomic E-state index is 11.2. The number of hydrogen-bond donors (Lipinski definition) is 2. The molecule has 5 nitrogen and oxygen atoms in total. The molecular formula is C8H8N4O. The van der Waals surface area contributed by atoms with Crippen LogP contribution in [0.3, 0.4) is 0 Å². The van der Waals surface area contributed by atoms with E-state index in [1.165, 1.54) is 0 Å². The predicted molar refractivity (Wildman–Crippen MR) is 49.3 cm³/mol. The van der Waals surface area contributed by atoms with E-state index in [9.17, 15) is 4.79 Å². The molecule has 0 atom stereocenters. The molecular weight excluding hydrogens is 168 g/mol. The van der Waals surface area contributed by atoms with Crippen LogP contribution in [0.25, 0.3) is 11.0 Å². The van der Waals surface area contributed by atoms with Crippen molar-refractivity contribution in [2.75, 3.05) is 5.73 Å². The molecule has 2 heterocycles. The molecule has 0 unspecified atom stereocenters. The van der Waals surface area contributed by atoms with Crippen molar-refractivity contribution < 1.29 is 0 Å². The highest BCUT2D eigenvalue weighted by atomic mass is 16.1. The zero-order valence-electron chi connectivity index (χ0n) is 7.03. The maximum atomic E-state index is 11.2. The van der Waals surface area contributed by atoms with Crippen molar-refractivity contribution in [1.82, 2.24) is 15.0 Å². The van der Waals surface area contributed by atoms with Gasteiger partial charge in [0.1, 0.15) is 5.65 Å². The average Bonchev–Trinajstić information content (AvgIpc) is 2.08. The number of fused-ring (bicyclic) bond motifs is 1. The molecule has 13 heavy (non-hydrogen) atoms. The molecule has 2 rings (SSSR count). The molecule has 0 radical (unpaired) electrons. The summed E-state index contributed by atoms with van der Waals surface area (Å²) >= 11 is 0. The quantitative estimate of drug-likeness (QED) is 0.600. The van der Waals surface area contributed by atoms with Crippen LogP contribution in [-0.4, -0.2) is 15.0 Å². The number of nitrogens with one attached hydrogen (secondary N) is 1. The highest BCUT2D eigenvalue weighted by Crippen LogP contribution is 2.07. The third kappa shape index (κ3) is 1.24. The number of aryl methyl sites for hydroxylation is 1. The van der Waals surface area contributed by atoms with Gasteiger partial charge in [0.15, 0.2) is 0 Å². The minimum atomic E-state index is -0.148. The summed E-state index contributed by atoms with van der Waals surface area (Å²) in [4.78, 5) is 21.5. The summed E-state index contributed by atoms with van der Waals surface area (Å²) < 4.78 is 0. The van der Waals surface area contributed by atoms with Gasteiger partial charge in [-0.15, -0.1) is 0 Å². The van der Waals surface area contributed by atoms with E-state index in [1.807, 2.05) is 0 Å². The Balaban J connectivity index is 2.89. The zero-order valence-corrected chi connectivity index (χ0v) is 7.03. The van der Waals surface area contributed by atoms with Gasteiger partial charge in [0, 0.05) is 17.1 Å². The Labute approximate surface area is 73.6 Å². The lowest BCUT2D eigenvalue weighted by atomic mass is 10.2. The van der Waals surface area contributed by atoms with Crippen molar-refractivity contribution in [2.45, 2.75) is 6.92 Å². The predicted octanol–water partition coefficient (Wildman–Crippen LogP) is 0.209. The van der Waals surface area contributed by atoms with Gasteiger partial charge >= 0.3 is 0 Å². The first kappa shape index (κ1) is 7.72. The number of nitrogen functional groups attached to an aromatic ring is 1. The number of nitrogens with zero attached hydrogens (tertiary/aromatic N) is 2. The standard InChI is InChI=1S/C8H8N4O/c1-4-2-5-3-10-8(9)12-6(5)11-7(4)13/h2-3H,1H3,(H3,9,10,11,12,13). The summed E-state index contributed by atoms with van der Waals surface area (Å²) in [6.07, 6.45) is 1.58. The summed E-state index contributed by atoms with van der Waals surface area (Å²) in [6.45, 7) is 1.73. The van der Waals surface area contributed by atoms with Crippen molar-refractivity contribution in [2.24, 2.45) is 0 Å². The normalized spacial score (nSPS) is 10.5. The second-order valence-corrected chi connectivity index (χ2v) is 2.81. The third-order valence-corrected chi connectivity index (χ3v) is 1.80. The molecule has 0 saturated carbocycles. The smallest absolute Gasteiger partial charge is 0.252 e. The fourth-order valence-electron chi connectivity index (χ4n) is 1.12. The van der Waals surface area contributed by atoms with Crippen LogP contribution in [-0.2, 0) is 0 Å². The Morgan fingerprint density at radius 3 is 3.08 bits per heavy atom. The minimum Gasteiger partial charge on any atom is -0.368 e. The number of anilines is 1. The van der Waals surface area contributed by atoms with E-state index in [-0.39, 0.29) is 11.5 Å². The number of aromatic nitrogens is 3. The zero-order chi connectivity index (χ0) is 9.42. The van der Waals surface area contributed by atoms with Crippen molar-refractivity contribution >= 4 is 17.0 Å². The number of nitrogens with two attached hydrogens (primary N) is 1. The van der Waals surface area contributed by atoms with Crippen LogP contribution in [0.4, 0.5) is 5.95 Å². The Bertz CT molecular complexity index is 517. The van der Waals surface area contributed by atoms with Gasteiger partial charge in [-0.3, -0.25) is 4.79 Å². The van der Waals surface area contributed by atoms with E-state index in [4.69, 9.17) is 5.73 Å². The van der Waals surface area contributed by atoms with Crippen LogP contribution in [0.2, 0.25) is 0 Å². The SMILES string of the molecule is Cc1cc2cnc(N)nc2[nH]c1=O. The molecule has 3 N–H and O–H groups in total. The molecule has 0 spiro atoms. The molecule has 66 valence electrons. The molecule has 5 heteroatoms. The van der Waals surface area contributed by atoms with E-state index >= 15 is 0 Å². The summed E-state index contributed by atoms with van der Waals surface area (Å²) in [6, 6.07) is 1.73. The van der Waals surface area contributed by atoms with E-state index in [0.717, 1.165) is 5.39 Å². The van der Waals surface area contributed by atoms with E-state index in [1.54, 1.807) is 19.2 Å². The Morgan fingerprint density at radius 1 is 1.54 bits per heavy atom. The number of aromatic amines is 1. The minimum absolute atomic E-state index is 0.148. The van der Waals surface area contributed by atoms with Crippen molar-refractivity contribution in [3.8, 4) is 0 Å². The van der Waals surface area contributed by atoms with Gasteiger partial charge in [-0.1, -0.05) is 0 Å². The van der Waals surface area contributed by atoms with Crippen LogP contribution in [0.15, 0.2) is 17.1 Å². The Hall–Kier alpha value is -1.91. The van der Waals surface area contributed by atoms with E-state index in [2.05, 4.69) is 15.0 Å². The van der Waals surface area contributed by atoms with Crippen LogP contribution in [0.5, 0.6) is 0 Å². The van der Waals surface area contributed by atoms with Crippen LogP contribution in [0, 0.1) is 6.92 Å². The van der Waals surface area contributed by atoms with Gasteiger partial charge in [-0.05, 0) is 13.0 Å². The van der Waals surface area contributed by atoms with Crippen LogP contribution < -0.4 is 11.3 Å². The number of H-pyrrole nitrogens is 1. The molecule has 2 aromatic heterocycles. The summed E-state index contributed by atoms with van der Waals surface area (Å²) in [7, 11) is 0. The molecule has 0 fully saturated rings. The molecule has 0 aromatic carbocycles. The summed E-state index contributed by atoms with van der Waals surface area (Å²) in [5.74, 6) is 0.159. The van der Waals surface area contributed by atoms with E-state index < -0.39 is 0 Å². The van der Waals surface area contributed by atoms with Gasteiger partial charge in [0.25, 0.3) is 5.56 Å². The van der Waals surface area contributed by atoms with Gasteiger partial charge < -0.3 is 10.7 Å².